The van der Waals surface area contributed by atoms with Gasteiger partial charge in [-0.15, -0.1) is 0 Å². The van der Waals surface area contributed by atoms with Gasteiger partial charge >= 0.3 is 5.97 Å². The van der Waals surface area contributed by atoms with Crippen molar-refractivity contribution in [2.75, 3.05) is 18.5 Å². The third kappa shape index (κ3) is 3.23. The van der Waals surface area contributed by atoms with Crippen LogP contribution in [0.4, 0.5) is 5.82 Å². The molecule has 0 aliphatic heterocycles. The highest BCUT2D eigenvalue weighted by molar-refractivity contribution is 5.87. The molecule has 0 aromatic carbocycles. The molecular formula is C11H16N2O2. The Morgan fingerprint density at radius 1 is 1.53 bits per heavy atom. The zero-order valence-corrected chi connectivity index (χ0v) is 9.10. The molecule has 0 saturated heterocycles. The number of carbonyl (C=O) groups is 1. The Bertz CT molecular complexity index is 322. The van der Waals surface area contributed by atoms with Gasteiger partial charge in [-0.1, -0.05) is 13.3 Å². The summed E-state index contributed by atoms with van der Waals surface area (Å²) in [6.45, 7) is 3.07. The minimum atomic E-state index is -0.940. The number of nitrogens with zero attached hydrogens (tertiary/aromatic N) is 2. The molecule has 0 unspecified atom stereocenters. The highest BCUT2D eigenvalue weighted by Crippen LogP contribution is 2.10. The van der Waals surface area contributed by atoms with E-state index in [0.717, 1.165) is 25.2 Å². The SMILES string of the molecule is CCCCN(C)c1ccc(C(=O)O)cn1. The first-order valence-corrected chi connectivity index (χ1v) is 5.05. The molecule has 1 heterocycles. The van der Waals surface area contributed by atoms with Crippen molar-refractivity contribution in [2.45, 2.75) is 19.8 Å². The van der Waals surface area contributed by atoms with Gasteiger partial charge in [0.1, 0.15) is 5.82 Å². The number of pyridine rings is 1. The molecule has 1 rings (SSSR count). The summed E-state index contributed by atoms with van der Waals surface area (Å²) in [4.78, 5) is 16.7. The molecule has 0 aliphatic rings. The standard InChI is InChI=1S/C11H16N2O2/c1-3-4-7-13(2)10-6-5-9(8-12-10)11(14)15/h5-6,8H,3-4,7H2,1-2H3,(H,14,15). The molecule has 4 heteroatoms. The maximum Gasteiger partial charge on any atom is 0.337 e. The number of hydrogen-bond acceptors (Lipinski definition) is 3. The van der Waals surface area contributed by atoms with Crippen molar-refractivity contribution in [2.24, 2.45) is 0 Å². The quantitative estimate of drug-likeness (QED) is 0.804. The van der Waals surface area contributed by atoms with Gasteiger partial charge in [0.15, 0.2) is 0 Å². The molecule has 0 spiro atoms. The lowest BCUT2D eigenvalue weighted by Gasteiger charge is -2.17. The van der Waals surface area contributed by atoms with Crippen molar-refractivity contribution in [1.82, 2.24) is 4.98 Å². The van der Waals surface area contributed by atoms with Crippen LogP contribution in [-0.2, 0) is 0 Å². The van der Waals surface area contributed by atoms with Gasteiger partial charge in [0.05, 0.1) is 5.56 Å². The summed E-state index contributed by atoms with van der Waals surface area (Å²) in [5, 5.41) is 8.70. The van der Waals surface area contributed by atoms with Crippen LogP contribution in [0.2, 0.25) is 0 Å². The Morgan fingerprint density at radius 3 is 2.73 bits per heavy atom. The zero-order chi connectivity index (χ0) is 11.3. The van der Waals surface area contributed by atoms with Crippen molar-refractivity contribution in [3.63, 3.8) is 0 Å². The fourth-order valence-corrected chi connectivity index (χ4v) is 1.25. The van der Waals surface area contributed by atoms with Crippen LogP contribution in [0.1, 0.15) is 30.1 Å². The van der Waals surface area contributed by atoms with Gasteiger partial charge in [0.2, 0.25) is 0 Å². The number of anilines is 1. The van der Waals surface area contributed by atoms with Crippen molar-refractivity contribution < 1.29 is 9.90 Å². The molecule has 0 aliphatic carbocycles. The minimum absolute atomic E-state index is 0.225. The number of carboxylic acids is 1. The number of rotatable bonds is 5. The van der Waals surface area contributed by atoms with E-state index in [9.17, 15) is 4.79 Å². The monoisotopic (exact) mass is 208 g/mol. The van der Waals surface area contributed by atoms with E-state index in [0.29, 0.717) is 0 Å². The van der Waals surface area contributed by atoms with Crippen molar-refractivity contribution >= 4 is 11.8 Å². The summed E-state index contributed by atoms with van der Waals surface area (Å²) >= 11 is 0. The molecule has 0 saturated carbocycles. The average Bonchev–Trinajstić information content (AvgIpc) is 2.26. The van der Waals surface area contributed by atoms with Crippen LogP contribution in [-0.4, -0.2) is 29.7 Å². The van der Waals surface area contributed by atoms with E-state index in [-0.39, 0.29) is 5.56 Å². The first kappa shape index (κ1) is 11.5. The highest BCUT2D eigenvalue weighted by Gasteiger charge is 2.05. The van der Waals surface area contributed by atoms with Gasteiger partial charge in [-0.25, -0.2) is 9.78 Å². The smallest absolute Gasteiger partial charge is 0.337 e. The van der Waals surface area contributed by atoms with E-state index >= 15 is 0 Å². The molecule has 1 aromatic rings. The molecule has 15 heavy (non-hydrogen) atoms. The predicted molar refractivity (Wildman–Crippen MR) is 59.4 cm³/mol. The first-order valence-electron chi connectivity index (χ1n) is 5.05. The molecule has 1 aromatic heterocycles. The number of carboxylic acid groups (broad SMARTS) is 1. The fourth-order valence-electron chi connectivity index (χ4n) is 1.25. The summed E-state index contributed by atoms with van der Waals surface area (Å²) in [6, 6.07) is 3.31. The van der Waals surface area contributed by atoms with Crippen molar-refractivity contribution in [3.05, 3.63) is 23.9 Å². The van der Waals surface area contributed by atoms with Gasteiger partial charge in [0.25, 0.3) is 0 Å². The van der Waals surface area contributed by atoms with E-state index in [1.807, 2.05) is 11.9 Å². The molecule has 4 nitrogen and oxygen atoms in total. The van der Waals surface area contributed by atoms with E-state index in [1.165, 1.54) is 6.20 Å². The molecule has 0 radical (unpaired) electrons. The van der Waals surface area contributed by atoms with Crippen LogP contribution < -0.4 is 4.90 Å². The van der Waals surface area contributed by atoms with Crippen LogP contribution in [0.25, 0.3) is 0 Å². The van der Waals surface area contributed by atoms with Gasteiger partial charge < -0.3 is 10.0 Å². The fraction of sp³-hybridized carbons (Fsp3) is 0.455. The van der Waals surface area contributed by atoms with Crippen LogP contribution >= 0.6 is 0 Å². The Morgan fingerprint density at radius 2 is 2.27 bits per heavy atom. The summed E-state index contributed by atoms with van der Waals surface area (Å²) in [7, 11) is 1.96. The molecule has 0 fully saturated rings. The summed E-state index contributed by atoms with van der Waals surface area (Å²) in [5.41, 5.74) is 0.225. The number of hydrogen-bond donors (Lipinski definition) is 1. The minimum Gasteiger partial charge on any atom is -0.478 e. The lowest BCUT2D eigenvalue weighted by molar-refractivity contribution is 0.0696. The Kier molecular flexibility index (Phi) is 4.09. The maximum absolute atomic E-state index is 10.6. The largest absolute Gasteiger partial charge is 0.478 e. The second-order valence-electron chi connectivity index (χ2n) is 3.49. The molecular weight excluding hydrogens is 192 g/mol. The first-order chi connectivity index (χ1) is 7.15. The highest BCUT2D eigenvalue weighted by atomic mass is 16.4. The zero-order valence-electron chi connectivity index (χ0n) is 9.10. The Labute approximate surface area is 89.6 Å². The van der Waals surface area contributed by atoms with E-state index < -0.39 is 5.97 Å². The number of aromatic carboxylic acids is 1. The molecule has 1 N–H and O–H groups in total. The Hall–Kier alpha value is -1.58. The van der Waals surface area contributed by atoms with E-state index in [2.05, 4.69) is 11.9 Å². The third-order valence-electron chi connectivity index (χ3n) is 2.23. The topological polar surface area (TPSA) is 53.4 Å². The van der Waals surface area contributed by atoms with Crippen LogP contribution in [0.5, 0.6) is 0 Å². The van der Waals surface area contributed by atoms with Gasteiger partial charge in [-0.2, -0.15) is 0 Å². The van der Waals surface area contributed by atoms with Crippen molar-refractivity contribution in [3.8, 4) is 0 Å². The second kappa shape index (κ2) is 5.34. The summed E-state index contributed by atoms with van der Waals surface area (Å²) in [6.07, 6.45) is 3.64. The van der Waals surface area contributed by atoms with E-state index in [4.69, 9.17) is 5.11 Å². The number of aromatic nitrogens is 1. The summed E-state index contributed by atoms with van der Waals surface area (Å²) < 4.78 is 0. The predicted octanol–water partition coefficient (Wildman–Crippen LogP) is 2.02. The van der Waals surface area contributed by atoms with Gasteiger partial charge in [-0.05, 0) is 18.6 Å². The van der Waals surface area contributed by atoms with Gasteiger partial charge in [0, 0.05) is 19.8 Å². The lowest BCUT2D eigenvalue weighted by atomic mass is 10.2. The number of unbranched alkanes of at least 4 members (excludes halogenated alkanes) is 1. The van der Waals surface area contributed by atoms with E-state index in [1.54, 1.807) is 12.1 Å². The average molecular weight is 208 g/mol. The Balaban J connectivity index is 2.66. The van der Waals surface area contributed by atoms with Crippen molar-refractivity contribution in [1.29, 1.82) is 0 Å². The third-order valence-corrected chi connectivity index (χ3v) is 2.23. The lowest BCUT2D eigenvalue weighted by Crippen LogP contribution is -2.19. The van der Waals surface area contributed by atoms with Gasteiger partial charge in [-0.3, -0.25) is 0 Å². The second-order valence-corrected chi connectivity index (χ2v) is 3.49. The maximum atomic E-state index is 10.6. The molecule has 82 valence electrons. The van der Waals surface area contributed by atoms with Crippen LogP contribution in [0, 0.1) is 0 Å². The van der Waals surface area contributed by atoms with Crippen LogP contribution in [0.3, 0.4) is 0 Å². The normalized spacial score (nSPS) is 10.0. The summed E-state index contributed by atoms with van der Waals surface area (Å²) in [5.74, 6) is -0.126. The molecule has 0 atom stereocenters. The molecule has 0 bridgehead atoms. The molecule has 0 amide bonds. The van der Waals surface area contributed by atoms with Crippen LogP contribution in [0.15, 0.2) is 18.3 Å².